The first kappa shape index (κ1) is 14.6. The van der Waals surface area contributed by atoms with Gasteiger partial charge in [0.2, 0.25) is 15.9 Å². The van der Waals surface area contributed by atoms with Crippen LogP contribution in [0.4, 0.5) is 5.69 Å². The second-order valence-corrected chi connectivity index (χ2v) is 5.58. The van der Waals surface area contributed by atoms with Gasteiger partial charge in [0.15, 0.2) is 0 Å². The van der Waals surface area contributed by atoms with E-state index >= 15 is 0 Å². The lowest BCUT2D eigenvalue weighted by Crippen LogP contribution is -2.28. The maximum absolute atomic E-state index is 11.7. The standard InChI is InChI=1S/C11H17N3O3S/c1-8(7-13-2)11(15)14-9-4-3-5-10(6-9)18(12,16)17/h3-6,8,13H,7H2,1-2H3,(H,14,15)(H2,12,16,17). The Morgan fingerprint density at radius 1 is 1.44 bits per heavy atom. The summed E-state index contributed by atoms with van der Waals surface area (Å²) in [5.74, 6) is -0.399. The zero-order valence-corrected chi connectivity index (χ0v) is 11.1. The molecule has 100 valence electrons. The summed E-state index contributed by atoms with van der Waals surface area (Å²) < 4.78 is 22.3. The summed E-state index contributed by atoms with van der Waals surface area (Å²) in [4.78, 5) is 11.7. The Morgan fingerprint density at radius 2 is 2.11 bits per heavy atom. The highest BCUT2D eigenvalue weighted by Gasteiger charge is 2.13. The van der Waals surface area contributed by atoms with Gasteiger partial charge in [-0.05, 0) is 25.2 Å². The smallest absolute Gasteiger partial charge is 0.238 e. The lowest BCUT2D eigenvalue weighted by molar-refractivity contribution is -0.119. The molecule has 0 spiro atoms. The molecule has 1 amide bonds. The first-order valence-electron chi connectivity index (χ1n) is 5.43. The summed E-state index contributed by atoms with van der Waals surface area (Å²) in [6.45, 7) is 2.32. The molecule has 0 fully saturated rings. The summed E-state index contributed by atoms with van der Waals surface area (Å²) in [7, 11) is -2.00. The zero-order chi connectivity index (χ0) is 13.8. The molecule has 1 unspecified atom stereocenters. The van der Waals surface area contributed by atoms with Crippen molar-refractivity contribution in [2.75, 3.05) is 18.9 Å². The van der Waals surface area contributed by atoms with Gasteiger partial charge in [0, 0.05) is 18.2 Å². The predicted molar refractivity (Wildman–Crippen MR) is 69.5 cm³/mol. The Bertz CT molecular complexity index is 528. The zero-order valence-electron chi connectivity index (χ0n) is 10.3. The number of nitrogens with two attached hydrogens (primary N) is 1. The van der Waals surface area contributed by atoms with Gasteiger partial charge in [-0.1, -0.05) is 13.0 Å². The van der Waals surface area contributed by atoms with Crippen LogP contribution in [0.15, 0.2) is 29.2 Å². The largest absolute Gasteiger partial charge is 0.326 e. The van der Waals surface area contributed by atoms with Crippen LogP contribution < -0.4 is 15.8 Å². The van der Waals surface area contributed by atoms with E-state index in [1.165, 1.54) is 18.2 Å². The topological polar surface area (TPSA) is 101 Å². The molecule has 1 rings (SSSR count). The maximum atomic E-state index is 11.7. The molecule has 0 saturated heterocycles. The summed E-state index contributed by atoms with van der Waals surface area (Å²) in [5.41, 5.74) is 0.412. The van der Waals surface area contributed by atoms with E-state index in [1.54, 1.807) is 20.0 Å². The SMILES string of the molecule is CNCC(C)C(=O)Nc1cccc(S(N)(=O)=O)c1. The third kappa shape index (κ3) is 4.10. The number of carbonyl (C=O) groups is 1. The number of anilines is 1. The number of nitrogens with one attached hydrogen (secondary N) is 2. The van der Waals surface area contributed by atoms with Gasteiger partial charge < -0.3 is 10.6 Å². The Balaban J connectivity index is 2.83. The van der Waals surface area contributed by atoms with E-state index in [4.69, 9.17) is 5.14 Å². The Labute approximate surface area is 107 Å². The quantitative estimate of drug-likeness (QED) is 0.708. The van der Waals surface area contributed by atoms with Gasteiger partial charge in [0.05, 0.1) is 4.90 Å². The van der Waals surface area contributed by atoms with Crippen molar-refractivity contribution in [3.63, 3.8) is 0 Å². The third-order valence-electron chi connectivity index (χ3n) is 2.39. The second kappa shape index (κ2) is 5.94. The molecule has 1 aromatic carbocycles. The van der Waals surface area contributed by atoms with Crippen molar-refractivity contribution in [2.45, 2.75) is 11.8 Å². The normalized spacial score (nSPS) is 13.1. The predicted octanol–water partition coefficient (Wildman–Crippen LogP) is 0.128. The minimum absolute atomic E-state index is 0.0263. The van der Waals surface area contributed by atoms with Crippen molar-refractivity contribution in [3.05, 3.63) is 24.3 Å². The molecule has 0 bridgehead atoms. The molecule has 4 N–H and O–H groups in total. The molecule has 0 aliphatic carbocycles. The molecule has 0 aliphatic rings. The van der Waals surface area contributed by atoms with Gasteiger partial charge in [0.1, 0.15) is 0 Å². The molecule has 0 saturated carbocycles. The maximum Gasteiger partial charge on any atom is 0.238 e. The van der Waals surface area contributed by atoms with Crippen molar-refractivity contribution < 1.29 is 13.2 Å². The van der Waals surface area contributed by atoms with E-state index < -0.39 is 10.0 Å². The van der Waals surface area contributed by atoms with Crippen LogP contribution in [0.2, 0.25) is 0 Å². The molecule has 6 nitrogen and oxygen atoms in total. The lowest BCUT2D eigenvalue weighted by atomic mass is 10.1. The number of rotatable bonds is 5. The van der Waals surface area contributed by atoms with Crippen LogP contribution >= 0.6 is 0 Å². The van der Waals surface area contributed by atoms with Crippen LogP contribution in [0.5, 0.6) is 0 Å². The summed E-state index contributed by atoms with van der Waals surface area (Å²) in [6.07, 6.45) is 0. The molecule has 0 aromatic heterocycles. The van der Waals surface area contributed by atoms with E-state index in [0.29, 0.717) is 12.2 Å². The number of sulfonamides is 1. The van der Waals surface area contributed by atoms with E-state index in [9.17, 15) is 13.2 Å². The Kier molecular flexibility index (Phi) is 4.83. The summed E-state index contributed by atoms with van der Waals surface area (Å²) >= 11 is 0. The molecule has 1 aromatic rings. The van der Waals surface area contributed by atoms with Crippen LogP contribution in [-0.2, 0) is 14.8 Å². The highest BCUT2D eigenvalue weighted by molar-refractivity contribution is 7.89. The lowest BCUT2D eigenvalue weighted by Gasteiger charge is -2.12. The minimum atomic E-state index is -3.76. The van der Waals surface area contributed by atoms with E-state index in [2.05, 4.69) is 10.6 Å². The van der Waals surface area contributed by atoms with Crippen molar-refractivity contribution >= 4 is 21.6 Å². The first-order chi connectivity index (χ1) is 8.34. The van der Waals surface area contributed by atoms with Gasteiger partial charge in [0.25, 0.3) is 0 Å². The summed E-state index contributed by atoms with van der Waals surface area (Å²) in [5, 5.41) is 10.5. The van der Waals surface area contributed by atoms with Crippen LogP contribution in [-0.4, -0.2) is 27.9 Å². The Morgan fingerprint density at radius 3 is 2.67 bits per heavy atom. The highest BCUT2D eigenvalue weighted by atomic mass is 32.2. The summed E-state index contributed by atoms with van der Waals surface area (Å²) in [6, 6.07) is 5.85. The van der Waals surface area contributed by atoms with E-state index in [1.807, 2.05) is 0 Å². The molecular weight excluding hydrogens is 254 g/mol. The number of primary sulfonamides is 1. The first-order valence-corrected chi connectivity index (χ1v) is 6.97. The number of amides is 1. The van der Waals surface area contributed by atoms with Gasteiger partial charge in [-0.25, -0.2) is 13.6 Å². The molecule has 0 heterocycles. The van der Waals surface area contributed by atoms with Gasteiger partial charge >= 0.3 is 0 Å². The second-order valence-electron chi connectivity index (χ2n) is 4.02. The fourth-order valence-electron chi connectivity index (χ4n) is 1.42. The fraction of sp³-hybridized carbons (Fsp3) is 0.364. The average Bonchev–Trinajstić information content (AvgIpc) is 2.28. The molecule has 0 radical (unpaired) electrons. The number of carbonyl (C=O) groups excluding carboxylic acids is 1. The minimum Gasteiger partial charge on any atom is -0.326 e. The fourth-order valence-corrected chi connectivity index (χ4v) is 1.97. The highest BCUT2D eigenvalue weighted by Crippen LogP contribution is 2.14. The van der Waals surface area contributed by atoms with Gasteiger partial charge in [-0.3, -0.25) is 4.79 Å². The Hall–Kier alpha value is -1.44. The van der Waals surface area contributed by atoms with Gasteiger partial charge in [-0.15, -0.1) is 0 Å². The number of hydrogen-bond donors (Lipinski definition) is 3. The molecule has 18 heavy (non-hydrogen) atoms. The van der Waals surface area contributed by atoms with Crippen molar-refractivity contribution in [3.8, 4) is 0 Å². The molecule has 0 aliphatic heterocycles. The van der Waals surface area contributed by atoms with E-state index in [-0.39, 0.29) is 16.7 Å². The van der Waals surface area contributed by atoms with E-state index in [0.717, 1.165) is 0 Å². The van der Waals surface area contributed by atoms with Crippen molar-refractivity contribution in [1.29, 1.82) is 0 Å². The van der Waals surface area contributed by atoms with Gasteiger partial charge in [-0.2, -0.15) is 0 Å². The van der Waals surface area contributed by atoms with Crippen molar-refractivity contribution in [1.82, 2.24) is 5.32 Å². The van der Waals surface area contributed by atoms with Crippen LogP contribution in [0.3, 0.4) is 0 Å². The molecular formula is C11H17N3O3S. The monoisotopic (exact) mass is 271 g/mol. The number of benzene rings is 1. The van der Waals surface area contributed by atoms with Crippen LogP contribution in [0, 0.1) is 5.92 Å². The number of hydrogen-bond acceptors (Lipinski definition) is 4. The third-order valence-corrected chi connectivity index (χ3v) is 3.30. The molecule has 7 heteroatoms. The molecule has 1 atom stereocenters. The van der Waals surface area contributed by atoms with Crippen LogP contribution in [0.25, 0.3) is 0 Å². The average molecular weight is 271 g/mol. The van der Waals surface area contributed by atoms with Crippen LogP contribution in [0.1, 0.15) is 6.92 Å². The van der Waals surface area contributed by atoms with Crippen molar-refractivity contribution in [2.24, 2.45) is 11.1 Å².